The number of carbonyl (C=O) groups excluding carboxylic acids is 3. The molecule has 0 saturated carbocycles. The van der Waals surface area contributed by atoms with Crippen molar-refractivity contribution < 1.29 is 38.5 Å². The van der Waals surface area contributed by atoms with Crippen LogP contribution in [0.1, 0.15) is 31.1 Å². The molecular weight excluding hydrogens is 682 g/mol. The third-order valence-electron chi connectivity index (χ3n) is 8.57. The van der Waals surface area contributed by atoms with Gasteiger partial charge < -0.3 is 24.2 Å². The van der Waals surface area contributed by atoms with Gasteiger partial charge in [0.15, 0.2) is 12.2 Å². The van der Waals surface area contributed by atoms with Crippen LogP contribution in [-0.4, -0.2) is 61.3 Å². The van der Waals surface area contributed by atoms with Crippen molar-refractivity contribution in [3.8, 4) is 33.4 Å². The molecule has 6 rings (SSSR count). The first kappa shape index (κ1) is 36.9. The van der Waals surface area contributed by atoms with Crippen LogP contribution < -0.4 is 0 Å². The summed E-state index contributed by atoms with van der Waals surface area (Å²) in [6, 6.07) is 49.3. The number of carbonyl (C=O) groups is 3. The topological polar surface area (TPSA) is 121 Å². The molecule has 0 aliphatic carbocycles. The summed E-state index contributed by atoms with van der Waals surface area (Å²) >= 11 is 0. The van der Waals surface area contributed by atoms with Gasteiger partial charge in [0.2, 0.25) is 0 Å². The summed E-state index contributed by atoms with van der Waals surface area (Å²) < 4.78 is 17.1. The van der Waals surface area contributed by atoms with Gasteiger partial charge in [0.25, 0.3) is 0 Å². The molecule has 0 radical (unpaired) electrons. The summed E-state index contributed by atoms with van der Waals surface area (Å²) in [5.41, 5.74) is 6.21. The first-order valence-corrected chi connectivity index (χ1v) is 17.2. The number of ether oxygens (including phenoxy) is 3. The first-order chi connectivity index (χ1) is 26.4. The Balaban J connectivity index is 1.21. The van der Waals surface area contributed by atoms with Crippen molar-refractivity contribution in [2.45, 2.75) is 18.3 Å². The van der Waals surface area contributed by atoms with Crippen molar-refractivity contribution in [3.05, 3.63) is 180 Å². The fraction of sp³-hybridized carbons (Fsp3) is 0.111. The molecule has 0 unspecified atom stereocenters. The van der Waals surface area contributed by atoms with Gasteiger partial charge in [0.1, 0.15) is 19.8 Å². The average Bonchev–Trinajstić information content (AvgIpc) is 3.24. The predicted octanol–water partition coefficient (Wildman–Crippen LogP) is 8.29. The lowest BCUT2D eigenvalue weighted by molar-refractivity contribution is -0.0784. The quantitative estimate of drug-likeness (QED) is 0.0517. The molecule has 0 saturated heterocycles. The Morgan fingerprint density at radius 2 is 0.870 bits per heavy atom. The van der Waals surface area contributed by atoms with E-state index in [0.29, 0.717) is 0 Å². The lowest BCUT2D eigenvalue weighted by Gasteiger charge is -2.28. The normalized spacial score (nSPS) is 12.6. The maximum absolute atomic E-state index is 13.6. The van der Waals surface area contributed by atoms with Crippen LogP contribution in [0.2, 0.25) is 0 Å². The van der Waals surface area contributed by atoms with Crippen LogP contribution in [0.15, 0.2) is 169 Å². The molecule has 6 aromatic rings. The number of rotatable bonds is 14. The van der Waals surface area contributed by atoms with Crippen molar-refractivity contribution in [1.29, 1.82) is 0 Å². The number of aliphatic hydroxyl groups excluding tert-OH is 1. The summed E-state index contributed by atoms with van der Waals surface area (Å²) in [6.45, 7) is -0.606. The Labute approximate surface area is 313 Å². The smallest absolute Gasteiger partial charge is 0.338 e. The summed E-state index contributed by atoms with van der Waals surface area (Å²) in [6.07, 6.45) is -3.60. The van der Waals surface area contributed by atoms with Crippen LogP contribution in [0, 0.1) is 0 Å². The zero-order valence-electron chi connectivity index (χ0n) is 29.4. The lowest BCUT2D eigenvalue weighted by Crippen LogP contribution is -2.46. The molecule has 0 aliphatic heterocycles. The maximum Gasteiger partial charge on any atom is 0.338 e. The molecule has 0 aliphatic rings. The number of hydrogen-bond acceptors (Lipinski definition) is 9. The van der Waals surface area contributed by atoms with E-state index in [1.165, 1.54) is 7.11 Å². The van der Waals surface area contributed by atoms with Crippen LogP contribution in [-0.2, 0) is 19.0 Å². The summed E-state index contributed by atoms with van der Waals surface area (Å²) in [4.78, 5) is 45.0. The zero-order chi connectivity index (χ0) is 37.7. The van der Waals surface area contributed by atoms with Crippen LogP contribution >= 0.6 is 0 Å². The number of hydrogen-bond donors (Lipinski definition) is 1. The second-order valence-electron chi connectivity index (χ2n) is 12.2. The summed E-state index contributed by atoms with van der Waals surface area (Å²) in [5, 5.41) is 15.2. The molecule has 270 valence electrons. The van der Waals surface area contributed by atoms with E-state index >= 15 is 0 Å². The molecule has 0 aromatic heterocycles. The Morgan fingerprint density at radius 3 is 1.26 bits per heavy atom. The minimum atomic E-state index is -1.66. The van der Waals surface area contributed by atoms with Gasteiger partial charge in [-0.05, 0) is 69.8 Å². The maximum atomic E-state index is 13.6. The second kappa shape index (κ2) is 18.1. The van der Waals surface area contributed by atoms with Gasteiger partial charge in [-0.2, -0.15) is 0 Å². The highest BCUT2D eigenvalue weighted by Crippen LogP contribution is 2.24. The van der Waals surface area contributed by atoms with Gasteiger partial charge >= 0.3 is 17.9 Å². The number of aliphatic hydroxyl groups is 1. The predicted molar refractivity (Wildman–Crippen MR) is 206 cm³/mol. The molecule has 0 heterocycles. The minimum Gasteiger partial charge on any atom is -0.459 e. The number of esters is 3. The van der Waals surface area contributed by atoms with Gasteiger partial charge in [0.05, 0.1) is 22.9 Å². The Hall–Kier alpha value is -6.84. The molecule has 0 bridgehead atoms. The van der Waals surface area contributed by atoms with E-state index in [9.17, 15) is 19.5 Å². The monoisotopic (exact) mass is 719 g/mol. The standard InChI is InChI=1S/C45H37NO8/c1-51-46-29-41(53-44(49)38-25-19-35(20-26-38)32-13-7-3-8-14-32)42(54-45(50)39-27-21-36(22-28-39)33-15-9-4-10-16-33)40(47)30-52-43(48)37-23-17-34(18-24-37)31-11-5-2-6-12-31/h2-29,40-42,47H,30H2,1H3/b46-29+/t40-,41-,42-/m0/s1. The van der Waals surface area contributed by atoms with E-state index < -0.39 is 42.8 Å². The van der Waals surface area contributed by atoms with Crippen molar-refractivity contribution >= 4 is 24.1 Å². The van der Waals surface area contributed by atoms with E-state index in [1.54, 1.807) is 72.8 Å². The molecule has 3 atom stereocenters. The SMILES string of the molecule is CO/N=C/[C@H](OC(=O)c1ccc(-c2ccccc2)cc1)[C@@H](OC(=O)c1ccc(-c2ccccc2)cc1)[C@@H](O)COC(=O)c1ccc(-c2ccccc2)cc1. The highest BCUT2D eigenvalue weighted by atomic mass is 16.6. The zero-order valence-corrected chi connectivity index (χ0v) is 29.4. The average molecular weight is 720 g/mol. The van der Waals surface area contributed by atoms with Crippen molar-refractivity contribution in [1.82, 2.24) is 0 Å². The molecule has 6 aromatic carbocycles. The number of oxime groups is 1. The third kappa shape index (κ3) is 9.52. The van der Waals surface area contributed by atoms with Gasteiger partial charge in [-0.15, -0.1) is 0 Å². The summed E-state index contributed by atoms with van der Waals surface area (Å²) in [7, 11) is 1.29. The van der Waals surface area contributed by atoms with E-state index in [2.05, 4.69) is 5.16 Å². The Kier molecular flexibility index (Phi) is 12.4. The fourth-order valence-electron chi connectivity index (χ4n) is 5.68. The van der Waals surface area contributed by atoms with E-state index in [4.69, 9.17) is 19.0 Å². The minimum absolute atomic E-state index is 0.174. The Morgan fingerprint density at radius 1 is 0.519 bits per heavy atom. The molecule has 9 heteroatoms. The number of benzene rings is 6. The molecule has 0 amide bonds. The van der Waals surface area contributed by atoms with E-state index in [-0.39, 0.29) is 16.7 Å². The van der Waals surface area contributed by atoms with Crippen LogP contribution in [0.3, 0.4) is 0 Å². The largest absolute Gasteiger partial charge is 0.459 e. The van der Waals surface area contributed by atoms with Gasteiger partial charge in [-0.3, -0.25) is 0 Å². The fourth-order valence-corrected chi connectivity index (χ4v) is 5.68. The molecular formula is C45H37NO8. The lowest BCUT2D eigenvalue weighted by atomic mass is 10.0. The van der Waals surface area contributed by atoms with Crippen molar-refractivity contribution in [2.24, 2.45) is 5.16 Å². The molecule has 9 nitrogen and oxygen atoms in total. The van der Waals surface area contributed by atoms with Crippen LogP contribution in [0.4, 0.5) is 0 Å². The molecule has 0 spiro atoms. The molecule has 54 heavy (non-hydrogen) atoms. The van der Waals surface area contributed by atoms with Gasteiger partial charge in [-0.1, -0.05) is 133 Å². The van der Waals surface area contributed by atoms with Crippen molar-refractivity contribution in [2.75, 3.05) is 13.7 Å². The van der Waals surface area contributed by atoms with Crippen LogP contribution in [0.25, 0.3) is 33.4 Å². The second-order valence-corrected chi connectivity index (χ2v) is 12.2. The third-order valence-corrected chi connectivity index (χ3v) is 8.57. The highest BCUT2D eigenvalue weighted by molar-refractivity contribution is 5.93. The number of nitrogens with zero attached hydrogens (tertiary/aromatic N) is 1. The molecule has 1 N–H and O–H groups in total. The van der Waals surface area contributed by atoms with E-state index in [0.717, 1.165) is 39.6 Å². The van der Waals surface area contributed by atoms with Crippen LogP contribution in [0.5, 0.6) is 0 Å². The highest BCUT2D eigenvalue weighted by Gasteiger charge is 2.36. The van der Waals surface area contributed by atoms with E-state index in [1.807, 2.05) is 91.0 Å². The molecule has 0 fully saturated rings. The van der Waals surface area contributed by atoms with Gasteiger partial charge in [-0.25, -0.2) is 14.4 Å². The summed E-state index contributed by atoms with van der Waals surface area (Å²) in [5.74, 6) is -2.31. The Bertz CT molecular complexity index is 2150. The van der Waals surface area contributed by atoms with Crippen molar-refractivity contribution in [3.63, 3.8) is 0 Å². The van der Waals surface area contributed by atoms with Gasteiger partial charge in [0, 0.05) is 0 Å². The first-order valence-electron chi connectivity index (χ1n) is 17.2.